The average Bonchev–Trinajstić information content (AvgIpc) is 2.92. The lowest BCUT2D eigenvalue weighted by Crippen LogP contribution is -2.12. The van der Waals surface area contributed by atoms with E-state index in [2.05, 4.69) is 29.4 Å². The molecule has 0 unspecified atom stereocenters. The van der Waals surface area contributed by atoms with Crippen LogP contribution in [0.15, 0.2) is 12.1 Å². The Hall–Kier alpha value is -1.37. The first-order chi connectivity index (χ1) is 11.4. The highest BCUT2D eigenvalue weighted by Gasteiger charge is 2.16. The van der Waals surface area contributed by atoms with Gasteiger partial charge in [-0.1, -0.05) is 55.3 Å². The molecule has 0 radical (unpaired) electrons. The molecular formula is C16H19Cl2N3O2S. The number of hydrogen-bond acceptors (Lipinski definition) is 5. The van der Waals surface area contributed by atoms with Crippen LogP contribution in [-0.2, 0) is 6.42 Å². The van der Waals surface area contributed by atoms with Gasteiger partial charge in [0.25, 0.3) is 5.91 Å². The van der Waals surface area contributed by atoms with Gasteiger partial charge < -0.3 is 4.74 Å². The SMILES string of the molecule is CCCOc1c(Cl)cc(C(=O)Nc2nnc(CC(C)C)s2)cc1Cl. The number of amides is 1. The Morgan fingerprint density at radius 1 is 1.29 bits per heavy atom. The highest BCUT2D eigenvalue weighted by atomic mass is 35.5. The summed E-state index contributed by atoms with van der Waals surface area (Å²) in [6, 6.07) is 3.06. The summed E-state index contributed by atoms with van der Waals surface area (Å²) >= 11 is 13.7. The summed E-state index contributed by atoms with van der Waals surface area (Å²) in [5, 5.41) is 12.7. The van der Waals surface area contributed by atoms with E-state index in [1.54, 1.807) is 0 Å². The van der Waals surface area contributed by atoms with E-state index in [1.807, 2.05) is 6.92 Å². The van der Waals surface area contributed by atoms with E-state index in [1.165, 1.54) is 23.5 Å². The fourth-order valence-electron chi connectivity index (χ4n) is 1.94. The summed E-state index contributed by atoms with van der Waals surface area (Å²) in [6.45, 7) is 6.70. The van der Waals surface area contributed by atoms with Crippen LogP contribution in [0.2, 0.25) is 10.0 Å². The maximum Gasteiger partial charge on any atom is 0.257 e. The summed E-state index contributed by atoms with van der Waals surface area (Å²) in [5.74, 6) is 0.537. The lowest BCUT2D eigenvalue weighted by atomic mass is 10.1. The molecule has 24 heavy (non-hydrogen) atoms. The van der Waals surface area contributed by atoms with Crippen molar-refractivity contribution in [2.75, 3.05) is 11.9 Å². The molecule has 0 bridgehead atoms. The highest BCUT2D eigenvalue weighted by Crippen LogP contribution is 2.34. The number of ether oxygens (including phenoxy) is 1. The van der Waals surface area contributed by atoms with Crippen LogP contribution in [0.5, 0.6) is 5.75 Å². The van der Waals surface area contributed by atoms with Crippen LogP contribution in [0.4, 0.5) is 5.13 Å². The van der Waals surface area contributed by atoms with Gasteiger partial charge in [0.2, 0.25) is 5.13 Å². The van der Waals surface area contributed by atoms with E-state index in [4.69, 9.17) is 27.9 Å². The second-order valence-electron chi connectivity index (χ2n) is 5.67. The monoisotopic (exact) mass is 387 g/mol. The molecule has 0 aliphatic rings. The maximum absolute atomic E-state index is 12.3. The van der Waals surface area contributed by atoms with Gasteiger partial charge in [-0.15, -0.1) is 10.2 Å². The Bertz CT molecular complexity index is 696. The van der Waals surface area contributed by atoms with E-state index < -0.39 is 0 Å². The first-order valence-corrected chi connectivity index (χ1v) is 9.23. The topological polar surface area (TPSA) is 64.1 Å². The van der Waals surface area contributed by atoms with Gasteiger partial charge in [-0.3, -0.25) is 10.1 Å². The average molecular weight is 388 g/mol. The molecule has 1 aromatic heterocycles. The molecule has 0 fully saturated rings. The molecule has 8 heteroatoms. The molecule has 0 aliphatic carbocycles. The number of hydrogen-bond donors (Lipinski definition) is 1. The van der Waals surface area contributed by atoms with E-state index in [-0.39, 0.29) is 5.91 Å². The molecule has 2 aromatic rings. The van der Waals surface area contributed by atoms with Gasteiger partial charge in [-0.2, -0.15) is 0 Å². The number of nitrogens with zero attached hydrogens (tertiary/aromatic N) is 2. The molecule has 2 rings (SSSR count). The van der Waals surface area contributed by atoms with Crippen molar-refractivity contribution in [3.63, 3.8) is 0 Å². The standard InChI is InChI=1S/C16H19Cl2N3O2S/c1-4-5-23-14-11(17)7-10(8-12(14)18)15(22)19-16-21-20-13(24-16)6-9(2)3/h7-9H,4-6H2,1-3H3,(H,19,21,22). The highest BCUT2D eigenvalue weighted by molar-refractivity contribution is 7.15. The second-order valence-corrected chi connectivity index (χ2v) is 7.55. The van der Waals surface area contributed by atoms with Crippen molar-refractivity contribution >= 4 is 45.6 Å². The maximum atomic E-state index is 12.3. The molecule has 0 saturated heterocycles. The zero-order valence-corrected chi connectivity index (χ0v) is 16.1. The Labute approximate surface area is 155 Å². The van der Waals surface area contributed by atoms with Gasteiger partial charge in [0.1, 0.15) is 5.01 Å². The number of rotatable bonds is 7. The van der Waals surface area contributed by atoms with Crippen LogP contribution in [0, 0.1) is 5.92 Å². The number of carbonyl (C=O) groups is 1. The normalized spacial score (nSPS) is 10.9. The Balaban J connectivity index is 2.11. The Morgan fingerprint density at radius 3 is 2.54 bits per heavy atom. The molecular weight excluding hydrogens is 369 g/mol. The summed E-state index contributed by atoms with van der Waals surface area (Å²) in [7, 11) is 0. The van der Waals surface area contributed by atoms with Crippen molar-refractivity contribution in [3.8, 4) is 5.75 Å². The van der Waals surface area contributed by atoms with Crippen molar-refractivity contribution in [2.24, 2.45) is 5.92 Å². The number of benzene rings is 1. The van der Waals surface area contributed by atoms with Crippen molar-refractivity contribution in [3.05, 3.63) is 32.7 Å². The van der Waals surface area contributed by atoms with Crippen LogP contribution in [0.3, 0.4) is 0 Å². The number of halogens is 2. The summed E-state index contributed by atoms with van der Waals surface area (Å²) in [4.78, 5) is 12.3. The molecule has 1 heterocycles. The Kier molecular flexibility index (Phi) is 6.83. The van der Waals surface area contributed by atoms with Gasteiger partial charge >= 0.3 is 0 Å². The van der Waals surface area contributed by atoms with Crippen LogP contribution >= 0.6 is 34.5 Å². The molecule has 5 nitrogen and oxygen atoms in total. The lowest BCUT2D eigenvalue weighted by molar-refractivity contribution is 0.102. The van der Waals surface area contributed by atoms with Gasteiger partial charge in [0.05, 0.1) is 16.7 Å². The quantitative estimate of drug-likeness (QED) is 0.718. The number of aromatic nitrogens is 2. The van der Waals surface area contributed by atoms with Crippen molar-refractivity contribution < 1.29 is 9.53 Å². The summed E-state index contributed by atoms with van der Waals surface area (Å²) in [6.07, 6.45) is 1.67. The van der Waals surface area contributed by atoms with Crippen LogP contribution in [-0.4, -0.2) is 22.7 Å². The van der Waals surface area contributed by atoms with Gasteiger partial charge in [-0.25, -0.2) is 0 Å². The fourth-order valence-corrected chi connectivity index (χ4v) is 3.48. The zero-order valence-electron chi connectivity index (χ0n) is 13.7. The molecule has 1 aromatic carbocycles. The summed E-state index contributed by atoms with van der Waals surface area (Å²) in [5.41, 5.74) is 0.342. The zero-order chi connectivity index (χ0) is 17.7. The molecule has 0 atom stereocenters. The minimum absolute atomic E-state index is 0.305. The molecule has 1 N–H and O–H groups in total. The van der Waals surface area contributed by atoms with Gasteiger partial charge in [0, 0.05) is 12.0 Å². The first kappa shape index (κ1) is 19.0. The molecule has 1 amide bonds. The van der Waals surface area contributed by atoms with Gasteiger partial charge in [0.15, 0.2) is 5.75 Å². The van der Waals surface area contributed by atoms with E-state index in [0.717, 1.165) is 17.8 Å². The number of nitrogens with one attached hydrogen (secondary N) is 1. The third-order valence-electron chi connectivity index (χ3n) is 2.98. The van der Waals surface area contributed by atoms with Crippen LogP contribution in [0.25, 0.3) is 0 Å². The van der Waals surface area contributed by atoms with E-state index >= 15 is 0 Å². The van der Waals surface area contributed by atoms with Gasteiger partial charge in [-0.05, 0) is 24.5 Å². The van der Waals surface area contributed by atoms with Crippen LogP contribution < -0.4 is 10.1 Å². The smallest absolute Gasteiger partial charge is 0.257 e. The van der Waals surface area contributed by atoms with E-state index in [0.29, 0.717) is 39.0 Å². The predicted octanol–water partition coefficient (Wildman–Crippen LogP) is 5.08. The van der Waals surface area contributed by atoms with Crippen molar-refractivity contribution in [2.45, 2.75) is 33.6 Å². The van der Waals surface area contributed by atoms with Crippen molar-refractivity contribution in [1.29, 1.82) is 0 Å². The Morgan fingerprint density at radius 2 is 1.96 bits per heavy atom. The van der Waals surface area contributed by atoms with E-state index in [9.17, 15) is 4.79 Å². The van der Waals surface area contributed by atoms with Crippen LogP contribution in [0.1, 0.15) is 42.6 Å². The predicted molar refractivity (Wildman–Crippen MR) is 98.7 cm³/mol. The lowest BCUT2D eigenvalue weighted by Gasteiger charge is -2.10. The number of anilines is 1. The largest absolute Gasteiger partial charge is 0.490 e. The number of carbonyl (C=O) groups excluding carboxylic acids is 1. The molecule has 130 valence electrons. The third kappa shape index (κ3) is 5.06. The fraction of sp³-hybridized carbons (Fsp3) is 0.438. The molecule has 0 spiro atoms. The second kappa shape index (κ2) is 8.65. The first-order valence-electron chi connectivity index (χ1n) is 7.66. The minimum Gasteiger partial charge on any atom is -0.490 e. The molecule has 0 saturated carbocycles. The van der Waals surface area contributed by atoms with Crippen molar-refractivity contribution in [1.82, 2.24) is 10.2 Å². The molecule has 0 aliphatic heterocycles. The minimum atomic E-state index is -0.340. The third-order valence-corrected chi connectivity index (χ3v) is 4.40. The summed E-state index contributed by atoms with van der Waals surface area (Å²) < 4.78 is 5.49.